The Morgan fingerprint density at radius 3 is 2.50 bits per heavy atom. The topological polar surface area (TPSA) is 19.7 Å². The first-order valence-electron chi connectivity index (χ1n) is 7.50. The number of aromatic amines is 1. The van der Waals surface area contributed by atoms with Crippen LogP contribution >= 0.6 is 11.3 Å². The number of aryl methyl sites for hydroxylation is 2. The lowest BCUT2D eigenvalue weighted by Crippen LogP contribution is -2.35. The zero-order valence-corrected chi connectivity index (χ0v) is 13.0. The summed E-state index contributed by atoms with van der Waals surface area (Å²) in [6.07, 6.45) is 1.03. The van der Waals surface area contributed by atoms with Crippen molar-refractivity contribution in [1.29, 1.82) is 0 Å². The van der Waals surface area contributed by atoms with Gasteiger partial charge in [0.1, 0.15) is 4.88 Å². The number of nitrogens with zero attached hydrogens (tertiary/aromatic N) is 1. The second kappa shape index (κ2) is 5.78. The highest BCUT2D eigenvalue weighted by Gasteiger charge is 2.20. The molecule has 108 valence electrons. The lowest BCUT2D eigenvalue weighted by Gasteiger charge is -2.02. The van der Waals surface area contributed by atoms with Crippen molar-refractivity contribution in [2.45, 2.75) is 13.0 Å². The molecule has 2 nitrogen and oxygen atoms in total. The maximum atomic E-state index is 3.58. The van der Waals surface area contributed by atoms with Crippen molar-refractivity contribution >= 4 is 22.4 Å². The van der Waals surface area contributed by atoms with Gasteiger partial charge in [0.05, 0.1) is 6.54 Å². The Labute approximate surface area is 133 Å². The summed E-state index contributed by atoms with van der Waals surface area (Å²) in [6, 6.07) is 23.5. The molecule has 0 amide bonds. The van der Waals surface area contributed by atoms with Gasteiger partial charge in [0.15, 0.2) is 11.0 Å². The van der Waals surface area contributed by atoms with Crippen LogP contribution in [0.3, 0.4) is 0 Å². The minimum Gasteiger partial charge on any atom is -0.236 e. The van der Waals surface area contributed by atoms with E-state index in [2.05, 4.69) is 81.7 Å². The molecule has 1 N–H and O–H groups in total. The molecule has 0 saturated heterocycles. The van der Waals surface area contributed by atoms with E-state index < -0.39 is 0 Å². The Morgan fingerprint density at radius 1 is 0.864 bits per heavy atom. The molecule has 2 aromatic carbocycles. The van der Waals surface area contributed by atoms with Gasteiger partial charge >= 0.3 is 0 Å². The van der Waals surface area contributed by atoms with Crippen LogP contribution in [-0.2, 0) is 13.0 Å². The van der Waals surface area contributed by atoms with E-state index in [-0.39, 0.29) is 0 Å². The van der Waals surface area contributed by atoms with E-state index in [1.54, 1.807) is 11.3 Å². The van der Waals surface area contributed by atoms with Crippen LogP contribution in [0.4, 0.5) is 0 Å². The minimum atomic E-state index is 0.973. The fourth-order valence-electron chi connectivity index (χ4n) is 2.86. The Kier molecular flexibility index (Phi) is 3.49. The Hall–Kier alpha value is -2.39. The van der Waals surface area contributed by atoms with Gasteiger partial charge in [-0.15, -0.1) is 11.3 Å². The number of thiophene rings is 1. The molecule has 0 aliphatic rings. The van der Waals surface area contributed by atoms with Gasteiger partial charge < -0.3 is 0 Å². The molecule has 0 radical (unpaired) electrons. The average molecular weight is 305 g/mol. The third kappa shape index (κ3) is 2.44. The second-order valence-corrected chi connectivity index (χ2v) is 6.30. The van der Waals surface area contributed by atoms with Crippen molar-refractivity contribution in [2.75, 3.05) is 0 Å². The molecule has 0 spiro atoms. The highest BCUT2D eigenvalue weighted by molar-refractivity contribution is 7.13. The summed E-state index contributed by atoms with van der Waals surface area (Å²) in [5.41, 5.74) is 3.83. The van der Waals surface area contributed by atoms with Crippen LogP contribution in [0.5, 0.6) is 0 Å². The summed E-state index contributed by atoms with van der Waals surface area (Å²) >= 11 is 1.78. The summed E-state index contributed by atoms with van der Waals surface area (Å²) in [5.74, 6) is 1.20. The lowest BCUT2D eigenvalue weighted by molar-refractivity contribution is -0.659. The van der Waals surface area contributed by atoms with Crippen LogP contribution in [0, 0.1) is 0 Å². The van der Waals surface area contributed by atoms with Gasteiger partial charge in [0.25, 0.3) is 5.82 Å². The quantitative estimate of drug-likeness (QED) is 0.538. The van der Waals surface area contributed by atoms with Crippen LogP contribution in [0.15, 0.2) is 72.1 Å². The van der Waals surface area contributed by atoms with E-state index in [0.29, 0.717) is 0 Å². The number of rotatable bonds is 4. The molecule has 0 bridgehead atoms. The molecule has 2 heterocycles. The van der Waals surface area contributed by atoms with Gasteiger partial charge in [0, 0.05) is 6.42 Å². The predicted molar refractivity (Wildman–Crippen MR) is 92.0 cm³/mol. The van der Waals surface area contributed by atoms with Gasteiger partial charge in [-0.1, -0.05) is 48.5 Å². The summed E-state index contributed by atoms with van der Waals surface area (Å²) in [6.45, 7) is 0.973. The number of fused-ring (bicyclic) bond motifs is 1. The SMILES string of the molecule is c1ccc(CC[n+]2c(-c3cccs3)[nH]c3ccccc32)cc1. The standard InChI is InChI=1S/C19H16N2S/c1-2-7-15(8-3-1)12-13-21-17-10-5-4-9-16(17)20-19(21)18-11-6-14-22-18/h1-11,14H,12-13H2/p+1. The molecule has 3 heteroatoms. The zero-order valence-electron chi connectivity index (χ0n) is 12.2. The first-order valence-corrected chi connectivity index (χ1v) is 8.38. The third-order valence-corrected chi connectivity index (χ3v) is 4.82. The molecule has 0 fully saturated rings. The van der Waals surface area contributed by atoms with Gasteiger partial charge in [-0.3, -0.25) is 0 Å². The number of para-hydroxylation sites is 2. The van der Waals surface area contributed by atoms with Gasteiger partial charge in [0.2, 0.25) is 0 Å². The van der Waals surface area contributed by atoms with E-state index >= 15 is 0 Å². The normalized spacial score (nSPS) is 11.1. The highest BCUT2D eigenvalue weighted by Crippen LogP contribution is 2.23. The van der Waals surface area contributed by atoms with Crippen LogP contribution in [0.25, 0.3) is 21.7 Å². The van der Waals surface area contributed by atoms with E-state index in [1.165, 1.54) is 27.3 Å². The fourth-order valence-corrected chi connectivity index (χ4v) is 3.59. The Balaban J connectivity index is 1.76. The molecule has 4 aromatic rings. The first-order chi connectivity index (χ1) is 10.9. The number of aromatic nitrogens is 2. The number of nitrogens with one attached hydrogen (secondary N) is 1. The molecule has 22 heavy (non-hydrogen) atoms. The van der Waals surface area contributed by atoms with Crippen LogP contribution in [-0.4, -0.2) is 4.98 Å². The van der Waals surface area contributed by atoms with Crippen molar-refractivity contribution in [3.8, 4) is 10.7 Å². The minimum absolute atomic E-state index is 0.973. The molecule has 2 aromatic heterocycles. The molecule has 0 unspecified atom stereocenters. The largest absolute Gasteiger partial charge is 0.297 e. The number of imidazole rings is 1. The van der Waals surface area contributed by atoms with Crippen molar-refractivity contribution in [3.63, 3.8) is 0 Å². The molecule has 0 atom stereocenters. The van der Waals surface area contributed by atoms with Gasteiger partial charge in [-0.2, -0.15) is 0 Å². The molecule has 4 rings (SSSR count). The summed E-state index contributed by atoms with van der Waals surface area (Å²) < 4.78 is 2.40. The fraction of sp³-hybridized carbons (Fsp3) is 0.105. The van der Waals surface area contributed by atoms with Crippen LogP contribution < -0.4 is 4.57 Å². The van der Waals surface area contributed by atoms with Crippen molar-refractivity contribution in [3.05, 3.63) is 77.7 Å². The predicted octanol–water partition coefficient (Wildman–Crippen LogP) is 4.43. The Morgan fingerprint density at radius 2 is 1.68 bits per heavy atom. The molecular weight excluding hydrogens is 288 g/mol. The lowest BCUT2D eigenvalue weighted by atomic mass is 10.1. The number of hydrogen-bond donors (Lipinski definition) is 1. The number of benzene rings is 2. The average Bonchev–Trinajstić information content (AvgIpc) is 3.21. The monoisotopic (exact) mass is 305 g/mol. The Bertz CT molecular complexity index is 876. The van der Waals surface area contributed by atoms with E-state index in [4.69, 9.17) is 0 Å². The second-order valence-electron chi connectivity index (χ2n) is 5.36. The molecule has 0 saturated carbocycles. The molecular formula is C19H17N2S+. The number of H-pyrrole nitrogens is 1. The van der Waals surface area contributed by atoms with Gasteiger partial charge in [-0.05, 0) is 29.1 Å². The third-order valence-electron chi connectivity index (χ3n) is 3.94. The van der Waals surface area contributed by atoms with Crippen molar-refractivity contribution in [1.82, 2.24) is 4.98 Å². The van der Waals surface area contributed by atoms with E-state index in [9.17, 15) is 0 Å². The van der Waals surface area contributed by atoms with Crippen molar-refractivity contribution in [2.24, 2.45) is 0 Å². The van der Waals surface area contributed by atoms with E-state index in [1.807, 2.05) is 0 Å². The van der Waals surface area contributed by atoms with Crippen LogP contribution in [0.1, 0.15) is 5.56 Å². The summed E-state index contributed by atoms with van der Waals surface area (Å²) in [4.78, 5) is 4.86. The number of hydrogen-bond acceptors (Lipinski definition) is 1. The van der Waals surface area contributed by atoms with E-state index in [0.717, 1.165) is 13.0 Å². The summed E-state index contributed by atoms with van der Waals surface area (Å²) in [5, 5.41) is 2.13. The van der Waals surface area contributed by atoms with Gasteiger partial charge in [-0.25, -0.2) is 9.55 Å². The zero-order chi connectivity index (χ0) is 14.8. The smallest absolute Gasteiger partial charge is 0.236 e. The highest BCUT2D eigenvalue weighted by atomic mass is 32.1. The molecule has 0 aliphatic heterocycles. The first kappa shape index (κ1) is 13.3. The maximum Gasteiger partial charge on any atom is 0.297 e. The van der Waals surface area contributed by atoms with Crippen LogP contribution in [0.2, 0.25) is 0 Å². The summed E-state index contributed by atoms with van der Waals surface area (Å²) in [7, 11) is 0. The van der Waals surface area contributed by atoms with Crippen molar-refractivity contribution < 1.29 is 4.57 Å². The maximum absolute atomic E-state index is 3.58. The molecule has 0 aliphatic carbocycles.